The molecule has 0 bridgehead atoms. The molecule has 0 fully saturated rings. The highest BCUT2D eigenvalue weighted by atomic mass is 16.4. The van der Waals surface area contributed by atoms with Crippen LogP contribution in [0.4, 0.5) is 0 Å². The van der Waals surface area contributed by atoms with Crippen LogP contribution in [0.5, 0.6) is 0 Å². The summed E-state index contributed by atoms with van der Waals surface area (Å²) in [5.74, 6) is -0.320. The van der Waals surface area contributed by atoms with Gasteiger partial charge in [0.05, 0.1) is 6.42 Å². The maximum atomic E-state index is 10.5. The van der Waals surface area contributed by atoms with Crippen LogP contribution in [0.3, 0.4) is 0 Å². The second kappa shape index (κ2) is 7.95. The van der Waals surface area contributed by atoms with Crippen LogP contribution in [0.2, 0.25) is 0 Å². The van der Waals surface area contributed by atoms with E-state index in [0.717, 1.165) is 25.7 Å². The largest absolute Gasteiger partial charge is 0.481 e. The van der Waals surface area contributed by atoms with Crippen molar-refractivity contribution in [3.8, 4) is 0 Å². The molecule has 0 saturated heterocycles. The van der Waals surface area contributed by atoms with Gasteiger partial charge in [0.25, 0.3) is 0 Å². The lowest BCUT2D eigenvalue weighted by atomic mass is 9.94. The second-order valence-electron chi connectivity index (χ2n) is 5.58. The highest BCUT2D eigenvalue weighted by Gasteiger charge is 2.12. The number of hydrogen-bond donors (Lipinski definition) is 2. The average molecular weight is 263 g/mol. The molecule has 2 atom stereocenters. The van der Waals surface area contributed by atoms with E-state index >= 15 is 0 Å². The lowest BCUT2D eigenvalue weighted by Gasteiger charge is -2.15. The van der Waals surface area contributed by atoms with Gasteiger partial charge in [0, 0.05) is 6.04 Å². The molecule has 1 aromatic rings. The predicted molar refractivity (Wildman–Crippen MR) is 78.1 cm³/mol. The number of carboxylic acid groups (broad SMARTS) is 1. The van der Waals surface area contributed by atoms with Gasteiger partial charge in [-0.25, -0.2) is 0 Å². The molecular weight excluding hydrogens is 238 g/mol. The van der Waals surface area contributed by atoms with Crippen molar-refractivity contribution in [1.29, 1.82) is 0 Å². The molecule has 2 unspecified atom stereocenters. The second-order valence-corrected chi connectivity index (χ2v) is 5.58. The van der Waals surface area contributed by atoms with Gasteiger partial charge in [-0.05, 0) is 37.7 Å². The van der Waals surface area contributed by atoms with Crippen molar-refractivity contribution in [2.24, 2.45) is 11.7 Å². The summed E-state index contributed by atoms with van der Waals surface area (Å²) < 4.78 is 0. The summed E-state index contributed by atoms with van der Waals surface area (Å²) in [6, 6.07) is 8.42. The molecule has 0 aliphatic rings. The Kier molecular flexibility index (Phi) is 6.57. The van der Waals surface area contributed by atoms with E-state index in [2.05, 4.69) is 38.1 Å². The van der Waals surface area contributed by atoms with E-state index in [0.29, 0.717) is 5.92 Å². The first-order valence-corrected chi connectivity index (χ1v) is 7.00. The fourth-order valence-corrected chi connectivity index (χ4v) is 2.35. The van der Waals surface area contributed by atoms with Gasteiger partial charge in [-0.3, -0.25) is 4.79 Å². The number of carboxylic acids is 1. The Bertz CT molecular complexity index is 386. The van der Waals surface area contributed by atoms with Crippen LogP contribution < -0.4 is 5.73 Å². The molecule has 1 rings (SSSR count). The van der Waals surface area contributed by atoms with Gasteiger partial charge < -0.3 is 10.8 Å². The first kappa shape index (κ1) is 15.7. The van der Waals surface area contributed by atoms with Crippen LogP contribution in [-0.2, 0) is 11.2 Å². The van der Waals surface area contributed by atoms with Gasteiger partial charge in [0.1, 0.15) is 0 Å². The molecule has 3 N–H and O–H groups in total. The zero-order chi connectivity index (χ0) is 14.3. The molecular formula is C16H25NO2. The molecule has 0 saturated carbocycles. The van der Waals surface area contributed by atoms with Gasteiger partial charge in [0.15, 0.2) is 0 Å². The van der Waals surface area contributed by atoms with Crippen LogP contribution in [0.15, 0.2) is 24.3 Å². The molecule has 0 aromatic heterocycles. The molecule has 0 amide bonds. The number of benzene rings is 1. The van der Waals surface area contributed by atoms with Crippen molar-refractivity contribution < 1.29 is 9.90 Å². The molecule has 0 aliphatic heterocycles. The van der Waals surface area contributed by atoms with Gasteiger partial charge in [0.2, 0.25) is 0 Å². The molecule has 0 aliphatic carbocycles. The Morgan fingerprint density at radius 3 is 2.53 bits per heavy atom. The first-order valence-electron chi connectivity index (χ1n) is 7.00. The SMILES string of the molecule is Cc1ccc(CCCC(C)CC(N)CC(=O)O)cc1. The van der Waals surface area contributed by atoms with Crippen LogP contribution in [0.25, 0.3) is 0 Å². The van der Waals surface area contributed by atoms with Gasteiger partial charge in [-0.1, -0.05) is 43.2 Å². The van der Waals surface area contributed by atoms with Gasteiger partial charge in [-0.15, -0.1) is 0 Å². The third-order valence-corrected chi connectivity index (χ3v) is 3.42. The maximum absolute atomic E-state index is 10.5. The van der Waals surface area contributed by atoms with E-state index < -0.39 is 5.97 Å². The Hall–Kier alpha value is -1.35. The van der Waals surface area contributed by atoms with Gasteiger partial charge in [-0.2, -0.15) is 0 Å². The summed E-state index contributed by atoms with van der Waals surface area (Å²) in [4.78, 5) is 10.5. The molecule has 19 heavy (non-hydrogen) atoms. The Labute approximate surface area is 115 Å². The number of hydrogen-bond acceptors (Lipinski definition) is 2. The standard InChI is InChI=1S/C16H25NO2/c1-12-6-8-14(9-7-12)5-3-4-13(2)10-15(17)11-16(18)19/h6-9,13,15H,3-5,10-11,17H2,1-2H3,(H,18,19). The third kappa shape index (κ3) is 6.97. The molecule has 0 spiro atoms. The molecule has 0 radical (unpaired) electrons. The van der Waals surface area contributed by atoms with Crippen LogP contribution in [0, 0.1) is 12.8 Å². The van der Waals surface area contributed by atoms with E-state index in [1.165, 1.54) is 11.1 Å². The summed E-state index contributed by atoms with van der Waals surface area (Å²) in [6.45, 7) is 4.24. The average Bonchev–Trinajstić information content (AvgIpc) is 2.30. The summed E-state index contributed by atoms with van der Waals surface area (Å²) in [7, 11) is 0. The number of aryl methyl sites for hydroxylation is 2. The van der Waals surface area contributed by atoms with Crippen molar-refractivity contribution in [2.75, 3.05) is 0 Å². The topological polar surface area (TPSA) is 63.3 Å². The zero-order valence-electron chi connectivity index (χ0n) is 11.9. The van der Waals surface area contributed by atoms with Crippen LogP contribution in [-0.4, -0.2) is 17.1 Å². The molecule has 106 valence electrons. The maximum Gasteiger partial charge on any atom is 0.304 e. The minimum Gasteiger partial charge on any atom is -0.481 e. The Balaban J connectivity index is 2.21. The number of rotatable bonds is 8. The van der Waals surface area contributed by atoms with Crippen molar-refractivity contribution in [2.45, 2.75) is 52.0 Å². The summed E-state index contributed by atoms with van der Waals surface area (Å²) in [6.07, 6.45) is 4.17. The Morgan fingerprint density at radius 2 is 1.95 bits per heavy atom. The first-order chi connectivity index (χ1) is 8.97. The minimum absolute atomic E-state index is 0.0717. The summed E-state index contributed by atoms with van der Waals surface area (Å²) in [5.41, 5.74) is 8.45. The molecule has 1 aromatic carbocycles. The highest BCUT2D eigenvalue weighted by Crippen LogP contribution is 2.16. The van der Waals surface area contributed by atoms with Crippen molar-refractivity contribution in [3.05, 3.63) is 35.4 Å². The van der Waals surface area contributed by atoms with Crippen molar-refractivity contribution in [3.63, 3.8) is 0 Å². The number of aliphatic carboxylic acids is 1. The van der Waals surface area contributed by atoms with E-state index in [1.807, 2.05) is 0 Å². The highest BCUT2D eigenvalue weighted by molar-refractivity contribution is 5.67. The molecule has 3 nitrogen and oxygen atoms in total. The monoisotopic (exact) mass is 263 g/mol. The van der Waals surface area contributed by atoms with E-state index in [4.69, 9.17) is 10.8 Å². The number of carbonyl (C=O) groups is 1. The van der Waals surface area contributed by atoms with E-state index in [1.54, 1.807) is 0 Å². The summed E-state index contributed by atoms with van der Waals surface area (Å²) >= 11 is 0. The summed E-state index contributed by atoms with van der Waals surface area (Å²) in [5, 5.41) is 8.66. The molecule has 3 heteroatoms. The van der Waals surface area contributed by atoms with E-state index in [-0.39, 0.29) is 12.5 Å². The Morgan fingerprint density at radius 1 is 1.32 bits per heavy atom. The van der Waals surface area contributed by atoms with E-state index in [9.17, 15) is 4.79 Å². The lowest BCUT2D eigenvalue weighted by molar-refractivity contribution is -0.137. The normalized spacial score (nSPS) is 14.1. The third-order valence-electron chi connectivity index (χ3n) is 3.42. The van der Waals surface area contributed by atoms with Crippen LogP contribution in [0.1, 0.15) is 43.7 Å². The van der Waals surface area contributed by atoms with Crippen LogP contribution >= 0.6 is 0 Å². The van der Waals surface area contributed by atoms with Crippen molar-refractivity contribution in [1.82, 2.24) is 0 Å². The lowest BCUT2D eigenvalue weighted by Crippen LogP contribution is -2.26. The fraction of sp³-hybridized carbons (Fsp3) is 0.562. The minimum atomic E-state index is -0.806. The fourth-order valence-electron chi connectivity index (χ4n) is 2.35. The van der Waals surface area contributed by atoms with Crippen molar-refractivity contribution >= 4 is 5.97 Å². The van der Waals surface area contributed by atoms with Gasteiger partial charge >= 0.3 is 5.97 Å². The zero-order valence-corrected chi connectivity index (χ0v) is 11.9. The smallest absolute Gasteiger partial charge is 0.304 e. The predicted octanol–water partition coefficient (Wildman–Crippen LogP) is 3.15. The number of nitrogens with two attached hydrogens (primary N) is 1. The molecule has 0 heterocycles. The quantitative estimate of drug-likeness (QED) is 0.757.